The third kappa shape index (κ3) is 5.63. The van der Waals surface area contributed by atoms with Crippen LogP contribution in [-0.2, 0) is 26.6 Å². The summed E-state index contributed by atoms with van der Waals surface area (Å²) in [6.07, 6.45) is 1.43. The van der Waals surface area contributed by atoms with Gasteiger partial charge in [-0.1, -0.05) is 17.7 Å². The maximum absolute atomic E-state index is 12.0. The van der Waals surface area contributed by atoms with Gasteiger partial charge in [0.25, 0.3) is 0 Å². The van der Waals surface area contributed by atoms with E-state index < -0.39 is 25.8 Å². The molecule has 0 amide bonds. The van der Waals surface area contributed by atoms with Crippen LogP contribution in [0.2, 0.25) is 5.02 Å². The molecular weight excluding hydrogens is 364 g/mol. The maximum atomic E-state index is 12.0. The number of nitrogens with one attached hydrogen (secondary N) is 2. The van der Waals surface area contributed by atoms with E-state index in [0.717, 1.165) is 0 Å². The Labute approximate surface area is 139 Å². The first-order chi connectivity index (χ1) is 10.8. The van der Waals surface area contributed by atoms with Crippen LogP contribution < -0.4 is 9.44 Å². The Hall–Kier alpha value is -1.39. The number of sulfonamides is 2. The number of furan rings is 1. The van der Waals surface area contributed by atoms with Crippen molar-refractivity contribution in [2.45, 2.75) is 11.4 Å². The van der Waals surface area contributed by atoms with Gasteiger partial charge in [-0.25, -0.2) is 26.3 Å². The van der Waals surface area contributed by atoms with Gasteiger partial charge >= 0.3 is 0 Å². The molecule has 2 N–H and O–H groups in total. The summed E-state index contributed by atoms with van der Waals surface area (Å²) in [7, 11) is -7.44. The SMILES string of the molecule is O=S(=O)(CCNS(=O)(=O)c1cccc(Cl)c1)NCc1ccco1. The number of hydrogen-bond acceptors (Lipinski definition) is 5. The first-order valence-electron chi connectivity index (χ1n) is 6.53. The van der Waals surface area contributed by atoms with Crippen molar-refractivity contribution in [3.05, 3.63) is 53.4 Å². The van der Waals surface area contributed by atoms with Crippen molar-refractivity contribution in [1.82, 2.24) is 9.44 Å². The molecule has 2 aromatic rings. The van der Waals surface area contributed by atoms with Crippen LogP contribution in [-0.4, -0.2) is 29.1 Å². The summed E-state index contributed by atoms with van der Waals surface area (Å²) in [6.45, 7) is -0.251. The van der Waals surface area contributed by atoms with Gasteiger partial charge in [-0.2, -0.15) is 0 Å². The standard InChI is InChI=1S/C13H15ClN2O5S2/c14-11-3-1-5-13(9-11)23(19,20)15-6-8-22(17,18)16-10-12-4-2-7-21-12/h1-5,7,9,15-16H,6,8,10H2. The lowest BCUT2D eigenvalue weighted by Crippen LogP contribution is -2.34. The molecule has 0 aliphatic carbocycles. The average molecular weight is 379 g/mol. The van der Waals surface area contributed by atoms with Gasteiger partial charge in [0.05, 0.1) is 23.5 Å². The van der Waals surface area contributed by atoms with Gasteiger partial charge in [0.2, 0.25) is 20.0 Å². The Morgan fingerprint density at radius 1 is 1.04 bits per heavy atom. The second kappa shape index (κ2) is 7.45. The summed E-state index contributed by atoms with van der Waals surface area (Å²) in [5.74, 6) is 0.0705. The van der Waals surface area contributed by atoms with E-state index in [-0.39, 0.29) is 23.0 Å². The van der Waals surface area contributed by atoms with E-state index in [0.29, 0.717) is 5.76 Å². The van der Waals surface area contributed by atoms with Crippen molar-refractivity contribution >= 4 is 31.6 Å². The van der Waals surface area contributed by atoms with Crippen LogP contribution in [0.3, 0.4) is 0 Å². The highest BCUT2D eigenvalue weighted by atomic mass is 35.5. The number of halogens is 1. The van der Waals surface area contributed by atoms with Gasteiger partial charge < -0.3 is 4.42 Å². The van der Waals surface area contributed by atoms with Crippen LogP contribution in [0.5, 0.6) is 0 Å². The van der Waals surface area contributed by atoms with Gasteiger partial charge in [0, 0.05) is 11.6 Å². The molecule has 0 saturated carbocycles. The van der Waals surface area contributed by atoms with Crippen molar-refractivity contribution in [1.29, 1.82) is 0 Å². The third-order valence-electron chi connectivity index (χ3n) is 2.82. The Morgan fingerprint density at radius 3 is 2.48 bits per heavy atom. The van der Waals surface area contributed by atoms with Crippen LogP contribution >= 0.6 is 11.6 Å². The molecule has 2 rings (SSSR count). The van der Waals surface area contributed by atoms with Gasteiger partial charge in [-0.3, -0.25) is 0 Å². The van der Waals surface area contributed by atoms with Crippen molar-refractivity contribution in [3.8, 4) is 0 Å². The van der Waals surface area contributed by atoms with Crippen molar-refractivity contribution < 1.29 is 21.3 Å². The lowest BCUT2D eigenvalue weighted by atomic mass is 10.4. The Bertz CT molecular complexity index is 848. The summed E-state index contributed by atoms with van der Waals surface area (Å²) in [6, 6.07) is 8.97. The van der Waals surface area contributed by atoms with Crippen LogP contribution in [0.25, 0.3) is 0 Å². The summed E-state index contributed by atoms with van der Waals surface area (Å²) in [4.78, 5) is -0.0223. The highest BCUT2D eigenvalue weighted by molar-refractivity contribution is 7.90. The van der Waals surface area contributed by atoms with E-state index in [1.807, 2.05) is 0 Å². The minimum Gasteiger partial charge on any atom is -0.468 e. The molecule has 1 aromatic heterocycles. The van der Waals surface area contributed by atoms with Crippen LogP contribution in [0.4, 0.5) is 0 Å². The van der Waals surface area contributed by atoms with Crippen molar-refractivity contribution in [2.24, 2.45) is 0 Å². The van der Waals surface area contributed by atoms with Crippen molar-refractivity contribution in [3.63, 3.8) is 0 Å². The minimum atomic E-state index is -3.81. The van der Waals surface area contributed by atoms with E-state index >= 15 is 0 Å². The Kier molecular flexibility index (Phi) is 5.82. The van der Waals surface area contributed by atoms with Gasteiger partial charge in [-0.05, 0) is 30.3 Å². The molecule has 0 fully saturated rings. The fourth-order valence-electron chi connectivity index (χ4n) is 1.69. The molecule has 23 heavy (non-hydrogen) atoms. The summed E-state index contributed by atoms with van der Waals surface area (Å²) in [5, 5.41) is 0.278. The molecule has 126 valence electrons. The minimum absolute atomic E-state index is 0.0103. The number of benzene rings is 1. The molecule has 0 bridgehead atoms. The number of rotatable bonds is 8. The normalized spacial score (nSPS) is 12.4. The molecular formula is C13H15ClN2O5S2. The smallest absolute Gasteiger partial charge is 0.240 e. The average Bonchev–Trinajstić information content (AvgIpc) is 2.98. The fourth-order valence-corrected chi connectivity index (χ4v) is 4.03. The van der Waals surface area contributed by atoms with Crippen LogP contribution in [0.15, 0.2) is 52.0 Å². The van der Waals surface area contributed by atoms with Gasteiger partial charge in [-0.15, -0.1) is 0 Å². The number of hydrogen-bond donors (Lipinski definition) is 2. The monoisotopic (exact) mass is 378 g/mol. The molecule has 0 atom stereocenters. The van der Waals surface area contributed by atoms with E-state index in [1.54, 1.807) is 18.2 Å². The summed E-state index contributed by atoms with van der Waals surface area (Å²) < 4.78 is 57.2. The lowest BCUT2D eigenvalue weighted by molar-refractivity contribution is 0.498. The van der Waals surface area contributed by atoms with Crippen LogP contribution in [0.1, 0.15) is 5.76 Å². The molecule has 0 radical (unpaired) electrons. The second-order valence-electron chi connectivity index (χ2n) is 4.57. The van der Waals surface area contributed by atoms with Crippen molar-refractivity contribution in [2.75, 3.05) is 12.3 Å². The molecule has 0 aliphatic heterocycles. The fraction of sp³-hybridized carbons (Fsp3) is 0.231. The van der Waals surface area contributed by atoms with E-state index in [9.17, 15) is 16.8 Å². The predicted molar refractivity (Wildman–Crippen MR) is 86.0 cm³/mol. The zero-order chi connectivity index (χ0) is 16.9. The molecule has 1 aromatic carbocycles. The molecule has 7 nitrogen and oxygen atoms in total. The zero-order valence-corrected chi connectivity index (χ0v) is 14.3. The summed E-state index contributed by atoms with van der Waals surface area (Å²) in [5.41, 5.74) is 0. The molecule has 0 saturated heterocycles. The quantitative estimate of drug-likeness (QED) is 0.720. The molecule has 0 spiro atoms. The van der Waals surface area contributed by atoms with E-state index in [2.05, 4.69) is 9.44 Å². The predicted octanol–water partition coefficient (Wildman–Crippen LogP) is 1.33. The first-order valence-corrected chi connectivity index (χ1v) is 10.0. The Balaban J connectivity index is 1.88. The Morgan fingerprint density at radius 2 is 1.83 bits per heavy atom. The molecule has 10 heteroatoms. The maximum Gasteiger partial charge on any atom is 0.240 e. The summed E-state index contributed by atoms with van der Waals surface area (Å²) >= 11 is 5.74. The first kappa shape index (κ1) is 18.0. The van der Waals surface area contributed by atoms with E-state index in [4.69, 9.17) is 16.0 Å². The third-order valence-corrected chi connectivity index (χ3v) is 5.84. The lowest BCUT2D eigenvalue weighted by Gasteiger charge is -2.08. The topological polar surface area (TPSA) is 105 Å². The van der Waals surface area contributed by atoms with Crippen LogP contribution in [0, 0.1) is 0 Å². The largest absolute Gasteiger partial charge is 0.468 e. The van der Waals surface area contributed by atoms with Gasteiger partial charge in [0.1, 0.15) is 5.76 Å². The highest BCUT2D eigenvalue weighted by Crippen LogP contribution is 2.14. The van der Waals surface area contributed by atoms with E-state index in [1.165, 1.54) is 24.5 Å². The molecule has 0 aliphatic rings. The zero-order valence-electron chi connectivity index (χ0n) is 11.9. The van der Waals surface area contributed by atoms with Gasteiger partial charge in [0.15, 0.2) is 0 Å². The molecule has 0 unspecified atom stereocenters. The second-order valence-corrected chi connectivity index (χ2v) is 8.70. The highest BCUT2D eigenvalue weighted by Gasteiger charge is 2.16. The molecule has 1 heterocycles.